The van der Waals surface area contributed by atoms with Gasteiger partial charge in [0.05, 0.1) is 24.0 Å². The molecule has 0 spiro atoms. The number of hydrogen-bond acceptors (Lipinski definition) is 7. The lowest BCUT2D eigenvalue weighted by Gasteiger charge is -2.24. The molecule has 0 fully saturated rings. The van der Waals surface area contributed by atoms with E-state index in [1.807, 2.05) is 32.0 Å². The van der Waals surface area contributed by atoms with Crippen molar-refractivity contribution in [2.24, 2.45) is 0 Å². The summed E-state index contributed by atoms with van der Waals surface area (Å²) in [4.78, 5) is 28.9. The van der Waals surface area contributed by atoms with E-state index < -0.39 is 21.9 Å². The van der Waals surface area contributed by atoms with Gasteiger partial charge >= 0.3 is 5.97 Å². The Kier molecular flexibility index (Phi) is 7.58. The number of nitrogens with zero attached hydrogens (tertiary/aromatic N) is 2. The van der Waals surface area contributed by atoms with Gasteiger partial charge in [0.15, 0.2) is 5.78 Å². The van der Waals surface area contributed by atoms with Crippen molar-refractivity contribution in [3.05, 3.63) is 75.2 Å². The molecule has 1 N–H and O–H groups in total. The lowest BCUT2D eigenvalue weighted by molar-refractivity contribution is -0.137. The lowest BCUT2D eigenvalue weighted by Crippen LogP contribution is -2.36. The summed E-state index contributed by atoms with van der Waals surface area (Å²) in [6.45, 7) is 5.62. The normalized spacial score (nSPS) is 18.0. The standard InChI is InChI=1S/C26H28N2O6S2/c1-4-20-15-28(36(32,33)25-13-27-10-9-22(25)34-20)14-19-11-18(6-5-16(19)2)21(12-26(30)31)24-8-7-23(35-24)17(3)29/h5-11,13,20-21H,4,12,14-15H2,1-3H3,(H,30,31)/t20-,21?/m1/s1. The van der Waals surface area contributed by atoms with Crippen LogP contribution in [0.15, 0.2) is 53.7 Å². The minimum absolute atomic E-state index is 0.0360. The fraction of sp³-hybridized carbons (Fsp3) is 0.346. The first-order valence-electron chi connectivity index (χ1n) is 11.6. The van der Waals surface area contributed by atoms with Gasteiger partial charge in [-0.15, -0.1) is 11.3 Å². The fourth-order valence-electron chi connectivity index (χ4n) is 4.26. The zero-order valence-corrected chi connectivity index (χ0v) is 21.9. The topological polar surface area (TPSA) is 114 Å². The molecule has 1 aliphatic heterocycles. The van der Waals surface area contributed by atoms with Gasteiger partial charge in [-0.05, 0) is 55.2 Å². The Morgan fingerprint density at radius 2 is 2.03 bits per heavy atom. The van der Waals surface area contributed by atoms with Crippen LogP contribution in [0.25, 0.3) is 0 Å². The van der Waals surface area contributed by atoms with Gasteiger partial charge in [-0.1, -0.05) is 25.1 Å². The van der Waals surface area contributed by atoms with Gasteiger partial charge in [-0.25, -0.2) is 8.42 Å². The van der Waals surface area contributed by atoms with E-state index in [2.05, 4.69) is 4.98 Å². The Balaban J connectivity index is 1.72. The van der Waals surface area contributed by atoms with Crippen molar-refractivity contribution in [1.82, 2.24) is 9.29 Å². The van der Waals surface area contributed by atoms with Crippen LogP contribution in [0.4, 0.5) is 0 Å². The number of fused-ring (bicyclic) bond motifs is 1. The van der Waals surface area contributed by atoms with Gasteiger partial charge < -0.3 is 9.84 Å². The van der Waals surface area contributed by atoms with Crippen molar-refractivity contribution in [3.8, 4) is 5.75 Å². The predicted molar refractivity (Wildman–Crippen MR) is 136 cm³/mol. The zero-order chi connectivity index (χ0) is 26.0. The number of pyridine rings is 1. The number of aliphatic carboxylic acids is 1. The number of ether oxygens (including phenoxy) is 1. The van der Waals surface area contributed by atoms with Crippen LogP contribution >= 0.6 is 11.3 Å². The summed E-state index contributed by atoms with van der Waals surface area (Å²) >= 11 is 1.29. The average Bonchev–Trinajstić information content (AvgIpc) is 3.29. The number of carbonyl (C=O) groups excluding carboxylic acids is 1. The molecule has 1 aliphatic rings. The van der Waals surface area contributed by atoms with Crippen LogP contribution in [-0.4, -0.2) is 47.2 Å². The van der Waals surface area contributed by atoms with Gasteiger partial charge in [-0.3, -0.25) is 14.6 Å². The van der Waals surface area contributed by atoms with Crippen LogP contribution < -0.4 is 4.74 Å². The van der Waals surface area contributed by atoms with Gasteiger partial charge in [0, 0.05) is 23.5 Å². The van der Waals surface area contributed by atoms with E-state index in [0.29, 0.717) is 17.0 Å². The largest absolute Gasteiger partial charge is 0.488 e. The van der Waals surface area contributed by atoms with Crippen molar-refractivity contribution in [2.45, 2.75) is 57.1 Å². The number of hydrogen-bond donors (Lipinski definition) is 1. The number of aryl methyl sites for hydroxylation is 1. The second-order valence-corrected chi connectivity index (χ2v) is 11.9. The molecular weight excluding hydrogens is 500 g/mol. The molecule has 0 bridgehead atoms. The maximum Gasteiger partial charge on any atom is 0.304 e. The molecule has 2 aromatic heterocycles. The fourth-order valence-corrected chi connectivity index (χ4v) is 6.80. The number of ketones is 1. The monoisotopic (exact) mass is 528 g/mol. The molecule has 0 saturated carbocycles. The van der Waals surface area contributed by atoms with Gasteiger partial charge in [0.2, 0.25) is 10.0 Å². The molecule has 0 aliphatic carbocycles. The van der Waals surface area contributed by atoms with Crippen LogP contribution in [0.5, 0.6) is 5.75 Å². The number of aromatic nitrogens is 1. The van der Waals surface area contributed by atoms with Crippen LogP contribution in [0.2, 0.25) is 0 Å². The van der Waals surface area contributed by atoms with E-state index in [9.17, 15) is 23.1 Å². The molecule has 1 unspecified atom stereocenters. The van der Waals surface area contributed by atoms with Gasteiger partial charge in [0.25, 0.3) is 0 Å². The minimum Gasteiger partial charge on any atom is -0.488 e. The first-order valence-corrected chi connectivity index (χ1v) is 13.9. The van der Waals surface area contributed by atoms with Crippen molar-refractivity contribution in [2.75, 3.05) is 6.54 Å². The molecule has 0 amide bonds. The molecule has 190 valence electrons. The van der Waals surface area contributed by atoms with E-state index in [-0.39, 0.29) is 36.3 Å². The Bertz CT molecular complexity index is 1400. The summed E-state index contributed by atoms with van der Waals surface area (Å²) in [5.74, 6) is -1.19. The molecule has 2 atom stereocenters. The second kappa shape index (κ2) is 10.5. The van der Waals surface area contributed by atoms with E-state index >= 15 is 0 Å². The highest BCUT2D eigenvalue weighted by molar-refractivity contribution is 7.89. The van der Waals surface area contributed by atoms with E-state index in [1.54, 1.807) is 18.2 Å². The highest BCUT2D eigenvalue weighted by atomic mass is 32.2. The number of carboxylic acids is 1. The summed E-state index contributed by atoms with van der Waals surface area (Å²) in [6.07, 6.45) is 2.99. The third-order valence-corrected chi connectivity index (χ3v) is 9.46. The molecule has 3 heterocycles. The first kappa shape index (κ1) is 26.0. The molecule has 0 radical (unpaired) electrons. The SMILES string of the molecule is CC[C@@H]1CN(Cc2cc(C(CC(=O)O)c3ccc(C(C)=O)s3)ccc2C)S(=O)(=O)c2cnccc2O1. The smallest absolute Gasteiger partial charge is 0.304 e. The number of rotatable bonds is 8. The maximum absolute atomic E-state index is 13.6. The highest BCUT2D eigenvalue weighted by Gasteiger charge is 2.35. The highest BCUT2D eigenvalue weighted by Crippen LogP contribution is 2.36. The van der Waals surface area contributed by atoms with Crippen molar-refractivity contribution in [3.63, 3.8) is 0 Å². The Hall–Kier alpha value is -3.08. The number of carbonyl (C=O) groups is 2. The summed E-state index contributed by atoms with van der Waals surface area (Å²) in [6, 6.07) is 10.7. The first-order chi connectivity index (χ1) is 17.1. The maximum atomic E-state index is 13.6. The predicted octanol–water partition coefficient (Wildman–Crippen LogP) is 4.62. The van der Waals surface area contributed by atoms with E-state index in [4.69, 9.17) is 4.74 Å². The Morgan fingerprint density at radius 3 is 2.69 bits per heavy atom. The summed E-state index contributed by atoms with van der Waals surface area (Å²) < 4.78 is 34.5. The Morgan fingerprint density at radius 1 is 1.25 bits per heavy atom. The lowest BCUT2D eigenvalue weighted by atomic mass is 9.91. The number of sulfonamides is 1. The van der Waals surface area contributed by atoms with Crippen molar-refractivity contribution in [1.29, 1.82) is 0 Å². The quantitative estimate of drug-likeness (QED) is 0.424. The summed E-state index contributed by atoms with van der Waals surface area (Å²) in [5, 5.41) is 9.59. The zero-order valence-electron chi connectivity index (χ0n) is 20.3. The average molecular weight is 529 g/mol. The summed E-state index contributed by atoms with van der Waals surface area (Å²) in [7, 11) is -3.87. The third kappa shape index (κ3) is 5.35. The van der Waals surface area contributed by atoms with Crippen LogP contribution in [0, 0.1) is 6.92 Å². The van der Waals surface area contributed by atoms with Crippen molar-refractivity contribution >= 4 is 33.1 Å². The van der Waals surface area contributed by atoms with Crippen LogP contribution in [0.3, 0.4) is 0 Å². The van der Waals surface area contributed by atoms with Gasteiger partial charge in [0.1, 0.15) is 16.7 Å². The number of Topliss-reactive ketones (excluding diaryl/α,β-unsaturated/α-hetero) is 1. The van der Waals surface area contributed by atoms with Crippen LogP contribution in [-0.2, 0) is 21.4 Å². The van der Waals surface area contributed by atoms with Gasteiger partial charge in [-0.2, -0.15) is 4.31 Å². The summed E-state index contributed by atoms with van der Waals surface area (Å²) in [5.41, 5.74) is 2.42. The molecular formula is C26H28N2O6S2. The molecule has 0 saturated heterocycles. The second-order valence-electron chi connectivity index (χ2n) is 8.86. The third-order valence-electron chi connectivity index (χ3n) is 6.34. The number of thiophene rings is 1. The molecule has 4 rings (SSSR count). The Labute approximate surface area is 214 Å². The number of carboxylic acid groups (broad SMARTS) is 1. The van der Waals surface area contributed by atoms with Crippen molar-refractivity contribution < 1.29 is 27.9 Å². The van der Waals surface area contributed by atoms with E-state index in [1.165, 1.54) is 35.0 Å². The molecule has 36 heavy (non-hydrogen) atoms. The minimum atomic E-state index is -3.87. The molecule has 10 heteroatoms. The molecule has 1 aromatic carbocycles. The van der Waals surface area contributed by atoms with Crippen LogP contribution in [0.1, 0.15) is 63.8 Å². The molecule has 3 aromatic rings. The molecule has 8 nitrogen and oxygen atoms in total. The van der Waals surface area contributed by atoms with E-state index in [0.717, 1.165) is 21.6 Å². The number of benzene rings is 1.